The maximum absolute atomic E-state index is 13.3. The summed E-state index contributed by atoms with van der Waals surface area (Å²) < 4.78 is 15.8. The molecule has 1 aromatic heterocycles. The zero-order valence-electron chi connectivity index (χ0n) is 22.8. The Morgan fingerprint density at radius 2 is 2.00 bits per heavy atom. The summed E-state index contributed by atoms with van der Waals surface area (Å²) in [5.74, 6) is -1.16. The standard InChI is InChI=1S/C25H37N3O7SSi/c1-23(2,3)35-22(32)28(15-34-9-10-37(6,7)8)21-27-24(4,18-12-25(18,36-21)20(30)31)17-11-16(14-29)13-26-19(17)33-5/h11,13-14,18H,9-10,12,15H2,1-8H3,(H,30,31). The SMILES string of the molecule is COc1ncc(C=O)cc1C1(C)N=C(N(COCC[Si](C)(C)C)C(=O)OC(C)(C)C)SC2(C(=O)O)CC21. The van der Waals surface area contributed by atoms with E-state index in [0.717, 1.165) is 17.8 Å². The summed E-state index contributed by atoms with van der Waals surface area (Å²) in [6.45, 7) is 14.1. The van der Waals surface area contributed by atoms with Gasteiger partial charge in [0.25, 0.3) is 0 Å². The Labute approximate surface area is 223 Å². The van der Waals surface area contributed by atoms with E-state index in [-0.39, 0.29) is 17.8 Å². The van der Waals surface area contributed by atoms with Gasteiger partial charge in [0.05, 0.1) is 12.6 Å². The fourth-order valence-electron chi connectivity index (χ4n) is 4.21. The molecule has 1 aromatic rings. The van der Waals surface area contributed by atoms with Crippen molar-refractivity contribution in [3.05, 3.63) is 23.4 Å². The number of amides is 1. The third-order valence-electron chi connectivity index (χ3n) is 6.36. The van der Waals surface area contributed by atoms with Crippen LogP contribution < -0.4 is 4.74 Å². The minimum atomic E-state index is -1.37. The van der Waals surface area contributed by atoms with Gasteiger partial charge in [0.15, 0.2) is 11.5 Å². The van der Waals surface area contributed by atoms with E-state index in [1.807, 2.05) is 0 Å². The monoisotopic (exact) mass is 551 g/mol. The van der Waals surface area contributed by atoms with Gasteiger partial charge in [-0.15, -0.1) is 0 Å². The zero-order valence-corrected chi connectivity index (χ0v) is 24.6. The molecule has 37 heavy (non-hydrogen) atoms. The third kappa shape index (κ3) is 6.35. The van der Waals surface area contributed by atoms with Crippen molar-refractivity contribution in [2.24, 2.45) is 10.9 Å². The summed E-state index contributed by atoms with van der Waals surface area (Å²) in [5, 5.41) is 10.4. The van der Waals surface area contributed by atoms with Crippen molar-refractivity contribution < 1.29 is 33.7 Å². The average Bonchev–Trinajstić information content (AvgIpc) is 3.54. The quantitative estimate of drug-likeness (QED) is 0.202. The van der Waals surface area contributed by atoms with Crippen molar-refractivity contribution in [2.45, 2.75) is 75.7 Å². The van der Waals surface area contributed by atoms with Crippen LogP contribution in [-0.4, -0.2) is 77.4 Å². The van der Waals surface area contributed by atoms with Crippen LogP contribution in [0.5, 0.6) is 5.88 Å². The molecule has 0 saturated heterocycles. The van der Waals surface area contributed by atoms with Crippen LogP contribution in [0.25, 0.3) is 0 Å². The van der Waals surface area contributed by atoms with Gasteiger partial charge in [-0.2, -0.15) is 0 Å². The number of amidine groups is 1. The summed E-state index contributed by atoms with van der Waals surface area (Å²) in [5.41, 5.74) is -1.12. The molecule has 1 aliphatic carbocycles. The maximum atomic E-state index is 13.3. The molecule has 2 aliphatic rings. The number of aromatic nitrogens is 1. The van der Waals surface area contributed by atoms with Crippen LogP contribution >= 0.6 is 11.8 Å². The van der Waals surface area contributed by atoms with Crippen molar-refractivity contribution in [1.82, 2.24) is 9.88 Å². The van der Waals surface area contributed by atoms with Gasteiger partial charge >= 0.3 is 12.1 Å². The largest absolute Gasteiger partial charge is 0.481 e. The predicted octanol–water partition coefficient (Wildman–Crippen LogP) is 4.61. The molecule has 0 bridgehead atoms. The van der Waals surface area contributed by atoms with Crippen LogP contribution in [0.1, 0.15) is 50.0 Å². The minimum Gasteiger partial charge on any atom is -0.481 e. The molecule has 2 heterocycles. The van der Waals surface area contributed by atoms with E-state index in [4.69, 9.17) is 19.2 Å². The van der Waals surface area contributed by atoms with Crippen LogP contribution in [0, 0.1) is 5.92 Å². The van der Waals surface area contributed by atoms with E-state index in [1.165, 1.54) is 18.2 Å². The minimum absolute atomic E-state index is 0.133. The topological polar surface area (TPSA) is 128 Å². The molecule has 1 N–H and O–H groups in total. The smallest absolute Gasteiger partial charge is 0.418 e. The van der Waals surface area contributed by atoms with E-state index in [9.17, 15) is 19.5 Å². The fraction of sp³-hybridized carbons (Fsp3) is 0.640. The molecule has 3 unspecified atom stereocenters. The number of carboxylic acid groups (broad SMARTS) is 1. The van der Waals surface area contributed by atoms with Gasteiger partial charge in [0.2, 0.25) is 5.88 Å². The van der Waals surface area contributed by atoms with Crippen LogP contribution in [0.2, 0.25) is 25.7 Å². The van der Waals surface area contributed by atoms with Gasteiger partial charge in [-0.05, 0) is 46.2 Å². The number of aliphatic imine (C=N–C) groups is 1. The lowest BCUT2D eigenvalue weighted by molar-refractivity contribution is -0.137. The van der Waals surface area contributed by atoms with Gasteiger partial charge in [-0.1, -0.05) is 31.4 Å². The molecule has 1 amide bonds. The lowest BCUT2D eigenvalue weighted by Gasteiger charge is -2.37. The Kier molecular flexibility index (Phi) is 8.16. The number of thioether (sulfide) groups is 1. The van der Waals surface area contributed by atoms with Crippen molar-refractivity contribution >= 4 is 43.4 Å². The number of nitrogens with zero attached hydrogens (tertiary/aromatic N) is 3. The van der Waals surface area contributed by atoms with Crippen LogP contribution in [0.15, 0.2) is 17.3 Å². The first-order chi connectivity index (χ1) is 17.1. The molecule has 1 saturated carbocycles. The Morgan fingerprint density at radius 1 is 1.32 bits per heavy atom. The van der Waals surface area contributed by atoms with Crippen LogP contribution in [0.3, 0.4) is 0 Å². The second-order valence-corrected chi connectivity index (χ2v) is 18.7. The molecule has 1 aliphatic heterocycles. The fourth-order valence-corrected chi connectivity index (χ4v) is 6.48. The number of carbonyl (C=O) groups excluding carboxylic acids is 2. The second-order valence-electron chi connectivity index (χ2n) is 11.8. The zero-order chi connectivity index (χ0) is 27.8. The molecule has 0 radical (unpaired) electrons. The Balaban J connectivity index is 2.08. The number of aliphatic carboxylic acids is 1. The lowest BCUT2D eigenvalue weighted by atomic mass is 9.86. The number of rotatable bonds is 9. The van der Waals surface area contributed by atoms with E-state index in [1.54, 1.807) is 33.8 Å². The highest BCUT2D eigenvalue weighted by atomic mass is 32.2. The normalized spacial score (nSPS) is 25.0. The van der Waals surface area contributed by atoms with Crippen molar-refractivity contribution in [2.75, 3.05) is 20.4 Å². The molecular weight excluding hydrogens is 514 g/mol. The van der Waals surface area contributed by atoms with Crippen molar-refractivity contribution in [1.29, 1.82) is 0 Å². The number of carboxylic acids is 1. The summed E-state index contributed by atoms with van der Waals surface area (Å²) in [6, 6.07) is 2.51. The van der Waals surface area contributed by atoms with Gasteiger partial charge in [-0.3, -0.25) is 14.6 Å². The summed E-state index contributed by atoms with van der Waals surface area (Å²) >= 11 is 1.04. The van der Waals surface area contributed by atoms with E-state index >= 15 is 0 Å². The van der Waals surface area contributed by atoms with Gasteiger partial charge < -0.3 is 19.3 Å². The Bertz CT molecular complexity index is 1100. The molecule has 12 heteroatoms. The van der Waals surface area contributed by atoms with Gasteiger partial charge in [-0.25, -0.2) is 14.7 Å². The number of hydrogen-bond donors (Lipinski definition) is 1. The first kappa shape index (κ1) is 29.1. The molecule has 0 spiro atoms. The number of pyridine rings is 1. The predicted molar refractivity (Wildman–Crippen MR) is 144 cm³/mol. The van der Waals surface area contributed by atoms with Crippen molar-refractivity contribution in [3.63, 3.8) is 0 Å². The average molecular weight is 552 g/mol. The molecule has 1 fully saturated rings. The highest BCUT2D eigenvalue weighted by Gasteiger charge is 2.72. The molecule has 10 nitrogen and oxygen atoms in total. The summed E-state index contributed by atoms with van der Waals surface area (Å²) in [7, 11) is 0.0787. The number of carbonyl (C=O) groups is 3. The first-order valence-electron chi connectivity index (χ1n) is 12.2. The number of aldehydes is 1. The number of hydrogen-bond acceptors (Lipinski definition) is 9. The number of methoxy groups -OCH3 is 1. The van der Waals surface area contributed by atoms with E-state index in [0.29, 0.717) is 30.4 Å². The van der Waals surface area contributed by atoms with E-state index in [2.05, 4.69) is 24.6 Å². The maximum Gasteiger partial charge on any atom is 0.418 e. The van der Waals surface area contributed by atoms with E-state index < -0.39 is 41.9 Å². The molecular formula is C25H37N3O7SSi. The number of ether oxygens (including phenoxy) is 3. The Hall–Kier alpha value is -2.44. The second kappa shape index (κ2) is 10.4. The van der Waals surface area contributed by atoms with Crippen LogP contribution in [0.4, 0.5) is 4.79 Å². The lowest BCUT2D eigenvalue weighted by Crippen LogP contribution is -2.47. The van der Waals surface area contributed by atoms with Crippen molar-refractivity contribution in [3.8, 4) is 5.88 Å². The highest BCUT2D eigenvalue weighted by Crippen LogP contribution is 2.67. The molecule has 3 atom stereocenters. The molecule has 204 valence electrons. The summed E-state index contributed by atoms with van der Waals surface area (Å²) in [4.78, 5) is 47.8. The Morgan fingerprint density at radius 3 is 2.54 bits per heavy atom. The summed E-state index contributed by atoms with van der Waals surface area (Å²) in [6.07, 6.45) is 1.69. The van der Waals surface area contributed by atoms with Gasteiger partial charge in [0.1, 0.15) is 17.1 Å². The third-order valence-corrected chi connectivity index (χ3v) is 9.55. The highest BCUT2D eigenvalue weighted by molar-refractivity contribution is 8.15. The van der Waals surface area contributed by atoms with Crippen LogP contribution in [-0.2, 0) is 19.8 Å². The molecule has 3 rings (SSSR count). The first-order valence-corrected chi connectivity index (χ1v) is 16.7. The number of fused-ring (bicyclic) bond motifs is 1. The van der Waals surface area contributed by atoms with Gasteiger partial charge in [0, 0.05) is 37.9 Å². The molecule has 0 aromatic carbocycles.